The van der Waals surface area contributed by atoms with Crippen LogP contribution in [0.1, 0.15) is 19.4 Å². The second kappa shape index (κ2) is 7.53. The van der Waals surface area contributed by atoms with E-state index in [1.54, 1.807) is 14.0 Å². The maximum atomic E-state index is 11.5. The van der Waals surface area contributed by atoms with Crippen molar-refractivity contribution in [2.75, 3.05) is 46.4 Å². The molecule has 0 saturated carbocycles. The number of benzene rings is 1. The van der Waals surface area contributed by atoms with Gasteiger partial charge in [-0.3, -0.25) is 14.6 Å². The summed E-state index contributed by atoms with van der Waals surface area (Å²) in [6.07, 6.45) is 0. The molecule has 5 heteroatoms. The van der Waals surface area contributed by atoms with E-state index in [-0.39, 0.29) is 5.91 Å². The lowest BCUT2D eigenvalue weighted by molar-refractivity contribution is -0.130. The standard InChI is InChI=1S/C19H29N3O2/c1-15-12-20(13-17-5-4-6-18(11-17)24-3)14-19(15)22-9-7-21(8-10-22)16(2)23/h4-6,11,15,19H,7-10,12-14H2,1-3H3/t15-,19+/m0/s1. The second-order valence-corrected chi connectivity index (χ2v) is 7.13. The SMILES string of the molecule is COc1cccc(CN2C[C@@H](N3CCN(C(C)=O)CC3)[C@@H](C)C2)c1. The molecule has 5 nitrogen and oxygen atoms in total. The summed E-state index contributed by atoms with van der Waals surface area (Å²) in [5, 5.41) is 0. The van der Waals surface area contributed by atoms with Crippen molar-refractivity contribution in [1.29, 1.82) is 0 Å². The summed E-state index contributed by atoms with van der Waals surface area (Å²) < 4.78 is 5.33. The topological polar surface area (TPSA) is 36.0 Å². The molecule has 0 aliphatic carbocycles. The van der Waals surface area contributed by atoms with Crippen LogP contribution in [0.4, 0.5) is 0 Å². The van der Waals surface area contributed by atoms with Gasteiger partial charge >= 0.3 is 0 Å². The molecular formula is C19H29N3O2. The van der Waals surface area contributed by atoms with E-state index in [9.17, 15) is 4.79 Å². The average molecular weight is 331 g/mol. The first kappa shape index (κ1) is 17.2. The van der Waals surface area contributed by atoms with Crippen LogP contribution in [0, 0.1) is 5.92 Å². The lowest BCUT2D eigenvalue weighted by atomic mass is 10.0. The lowest BCUT2D eigenvalue weighted by Gasteiger charge is -2.39. The first-order valence-electron chi connectivity index (χ1n) is 8.91. The molecule has 0 unspecified atom stereocenters. The molecule has 2 saturated heterocycles. The van der Waals surface area contributed by atoms with E-state index in [2.05, 4.69) is 34.9 Å². The molecule has 2 aliphatic rings. The van der Waals surface area contributed by atoms with E-state index in [4.69, 9.17) is 4.74 Å². The molecule has 0 spiro atoms. The van der Waals surface area contributed by atoms with Gasteiger partial charge < -0.3 is 9.64 Å². The third-order valence-electron chi connectivity index (χ3n) is 5.42. The average Bonchev–Trinajstić information content (AvgIpc) is 2.95. The number of ether oxygens (including phenoxy) is 1. The van der Waals surface area contributed by atoms with Gasteiger partial charge in [0.05, 0.1) is 7.11 Å². The number of hydrogen-bond donors (Lipinski definition) is 0. The minimum Gasteiger partial charge on any atom is -0.497 e. The fraction of sp³-hybridized carbons (Fsp3) is 0.632. The number of amides is 1. The Morgan fingerprint density at radius 3 is 2.62 bits per heavy atom. The Balaban J connectivity index is 1.56. The van der Waals surface area contributed by atoms with Gasteiger partial charge in [-0.15, -0.1) is 0 Å². The predicted molar refractivity (Wildman–Crippen MR) is 95.1 cm³/mol. The van der Waals surface area contributed by atoms with Crippen molar-refractivity contribution >= 4 is 5.91 Å². The Kier molecular flexibility index (Phi) is 5.41. The highest BCUT2D eigenvalue weighted by molar-refractivity contribution is 5.73. The highest BCUT2D eigenvalue weighted by atomic mass is 16.5. The van der Waals surface area contributed by atoms with Crippen molar-refractivity contribution < 1.29 is 9.53 Å². The zero-order valence-electron chi connectivity index (χ0n) is 15.1. The molecule has 1 aromatic carbocycles. The van der Waals surface area contributed by atoms with Crippen molar-refractivity contribution in [3.8, 4) is 5.75 Å². The molecule has 0 bridgehead atoms. The van der Waals surface area contributed by atoms with E-state index in [0.29, 0.717) is 12.0 Å². The number of rotatable bonds is 4. The normalized spacial score (nSPS) is 25.9. The smallest absolute Gasteiger partial charge is 0.219 e. The van der Waals surface area contributed by atoms with Crippen molar-refractivity contribution in [2.24, 2.45) is 5.92 Å². The van der Waals surface area contributed by atoms with Crippen LogP contribution in [-0.4, -0.2) is 73.0 Å². The van der Waals surface area contributed by atoms with Crippen LogP contribution in [0.5, 0.6) is 5.75 Å². The zero-order valence-corrected chi connectivity index (χ0v) is 15.1. The summed E-state index contributed by atoms with van der Waals surface area (Å²) in [5.74, 6) is 1.80. The zero-order chi connectivity index (χ0) is 17.1. The highest BCUT2D eigenvalue weighted by Gasteiger charge is 2.35. The fourth-order valence-corrected chi connectivity index (χ4v) is 4.05. The Hall–Kier alpha value is -1.59. The van der Waals surface area contributed by atoms with Gasteiger partial charge in [-0.25, -0.2) is 0 Å². The highest BCUT2D eigenvalue weighted by Crippen LogP contribution is 2.25. The van der Waals surface area contributed by atoms with E-state index < -0.39 is 0 Å². The fourth-order valence-electron chi connectivity index (χ4n) is 4.05. The molecule has 3 rings (SSSR count). The maximum absolute atomic E-state index is 11.5. The molecule has 2 aliphatic heterocycles. The number of likely N-dealkylation sites (tertiary alicyclic amines) is 1. The van der Waals surface area contributed by atoms with Gasteiger partial charge in [-0.05, 0) is 23.6 Å². The number of carbonyl (C=O) groups is 1. The van der Waals surface area contributed by atoms with Gasteiger partial charge in [0.2, 0.25) is 5.91 Å². The third kappa shape index (κ3) is 3.90. The summed E-state index contributed by atoms with van der Waals surface area (Å²) in [7, 11) is 1.72. The molecule has 2 heterocycles. The van der Waals surface area contributed by atoms with E-state index in [1.165, 1.54) is 5.56 Å². The number of nitrogens with zero attached hydrogens (tertiary/aromatic N) is 3. The van der Waals surface area contributed by atoms with Crippen molar-refractivity contribution in [3.05, 3.63) is 29.8 Å². The molecule has 1 aromatic rings. The monoisotopic (exact) mass is 331 g/mol. The van der Waals surface area contributed by atoms with Crippen LogP contribution in [0.2, 0.25) is 0 Å². The minimum absolute atomic E-state index is 0.203. The quantitative estimate of drug-likeness (QED) is 0.841. The summed E-state index contributed by atoms with van der Waals surface area (Å²) >= 11 is 0. The third-order valence-corrected chi connectivity index (χ3v) is 5.42. The van der Waals surface area contributed by atoms with Crippen molar-refractivity contribution in [3.63, 3.8) is 0 Å². The number of carbonyl (C=O) groups excluding carboxylic acids is 1. The van der Waals surface area contributed by atoms with Crippen molar-refractivity contribution in [2.45, 2.75) is 26.4 Å². The largest absolute Gasteiger partial charge is 0.497 e. The second-order valence-electron chi connectivity index (χ2n) is 7.13. The summed E-state index contributed by atoms with van der Waals surface area (Å²) in [5.41, 5.74) is 1.31. The Labute approximate surface area is 145 Å². The van der Waals surface area contributed by atoms with Gasteiger partial charge in [0, 0.05) is 58.8 Å². The number of methoxy groups -OCH3 is 1. The molecular weight excluding hydrogens is 302 g/mol. The lowest BCUT2D eigenvalue weighted by Crippen LogP contribution is -2.53. The van der Waals surface area contributed by atoms with Crippen LogP contribution in [0.25, 0.3) is 0 Å². The van der Waals surface area contributed by atoms with Crippen LogP contribution >= 0.6 is 0 Å². The van der Waals surface area contributed by atoms with Crippen LogP contribution in [0.15, 0.2) is 24.3 Å². The predicted octanol–water partition coefficient (Wildman–Crippen LogP) is 1.68. The first-order chi connectivity index (χ1) is 11.6. The molecule has 0 aromatic heterocycles. The van der Waals surface area contributed by atoms with Crippen LogP contribution in [-0.2, 0) is 11.3 Å². The van der Waals surface area contributed by atoms with E-state index >= 15 is 0 Å². The maximum Gasteiger partial charge on any atom is 0.219 e. The Morgan fingerprint density at radius 2 is 1.96 bits per heavy atom. The van der Waals surface area contributed by atoms with Gasteiger partial charge in [0.25, 0.3) is 0 Å². The van der Waals surface area contributed by atoms with E-state index in [0.717, 1.165) is 51.6 Å². The first-order valence-corrected chi connectivity index (χ1v) is 8.91. The van der Waals surface area contributed by atoms with Crippen LogP contribution < -0.4 is 4.74 Å². The van der Waals surface area contributed by atoms with Gasteiger partial charge in [0.15, 0.2) is 0 Å². The summed E-state index contributed by atoms with van der Waals surface area (Å²) in [4.78, 5) is 18.6. The summed E-state index contributed by atoms with van der Waals surface area (Å²) in [6, 6.07) is 8.96. The molecule has 24 heavy (non-hydrogen) atoms. The molecule has 0 radical (unpaired) electrons. The van der Waals surface area contributed by atoms with Crippen molar-refractivity contribution in [1.82, 2.24) is 14.7 Å². The van der Waals surface area contributed by atoms with Gasteiger partial charge in [-0.1, -0.05) is 19.1 Å². The van der Waals surface area contributed by atoms with Gasteiger partial charge in [-0.2, -0.15) is 0 Å². The summed E-state index contributed by atoms with van der Waals surface area (Å²) in [6.45, 7) is 11.0. The Bertz CT molecular complexity index is 569. The molecule has 132 valence electrons. The van der Waals surface area contributed by atoms with Crippen LogP contribution in [0.3, 0.4) is 0 Å². The van der Waals surface area contributed by atoms with E-state index in [1.807, 2.05) is 11.0 Å². The molecule has 1 amide bonds. The van der Waals surface area contributed by atoms with Gasteiger partial charge in [0.1, 0.15) is 5.75 Å². The minimum atomic E-state index is 0.203. The molecule has 2 atom stereocenters. The Morgan fingerprint density at radius 1 is 1.21 bits per heavy atom. The molecule has 0 N–H and O–H groups in total. The number of hydrogen-bond acceptors (Lipinski definition) is 4. The number of piperazine rings is 1. The molecule has 2 fully saturated rings.